The van der Waals surface area contributed by atoms with Gasteiger partial charge in [-0.2, -0.15) is 0 Å². The maximum absolute atomic E-state index is 12.6. The van der Waals surface area contributed by atoms with Crippen LogP contribution in [0.5, 0.6) is 0 Å². The Balaban J connectivity index is 1.46. The molecule has 0 spiro atoms. The van der Waals surface area contributed by atoms with E-state index in [2.05, 4.69) is 26.6 Å². The van der Waals surface area contributed by atoms with Gasteiger partial charge in [0, 0.05) is 34.7 Å². The Bertz CT molecular complexity index is 957. The van der Waals surface area contributed by atoms with Crippen LogP contribution in [0.3, 0.4) is 0 Å². The van der Waals surface area contributed by atoms with Crippen molar-refractivity contribution in [3.8, 4) is 0 Å². The monoisotopic (exact) mass is 485 g/mol. The number of aryl methyl sites for hydroxylation is 3. The highest BCUT2D eigenvalue weighted by Gasteiger charge is 2.28. The van der Waals surface area contributed by atoms with Gasteiger partial charge in [0.25, 0.3) is 5.91 Å². The van der Waals surface area contributed by atoms with E-state index in [1.165, 1.54) is 0 Å². The standard InChI is InChI=1S/C24H28BrN3O3/c1-15-12-16(2)22(17(3)13-15)27-21(29)14-26-23(30)18-8-10-28(11-9-18)24(31)19-4-6-20(25)7-5-19/h4-7,12-13,18H,8-11,14H2,1-3H3,(H,26,30)(H,27,29). The number of carbonyl (C=O) groups is 3. The molecule has 1 saturated heterocycles. The van der Waals surface area contributed by atoms with E-state index in [1.54, 1.807) is 17.0 Å². The van der Waals surface area contributed by atoms with Crippen LogP contribution in [0, 0.1) is 26.7 Å². The van der Waals surface area contributed by atoms with Crippen molar-refractivity contribution in [1.29, 1.82) is 0 Å². The summed E-state index contributed by atoms with van der Waals surface area (Å²) < 4.78 is 0.927. The maximum atomic E-state index is 12.6. The van der Waals surface area contributed by atoms with Crippen molar-refractivity contribution in [3.63, 3.8) is 0 Å². The molecule has 6 nitrogen and oxygen atoms in total. The van der Waals surface area contributed by atoms with Crippen LogP contribution in [0.25, 0.3) is 0 Å². The molecule has 7 heteroatoms. The molecular weight excluding hydrogens is 458 g/mol. The van der Waals surface area contributed by atoms with E-state index in [0.29, 0.717) is 31.5 Å². The van der Waals surface area contributed by atoms with Crippen molar-refractivity contribution in [1.82, 2.24) is 10.2 Å². The highest BCUT2D eigenvalue weighted by atomic mass is 79.9. The van der Waals surface area contributed by atoms with Crippen molar-refractivity contribution < 1.29 is 14.4 Å². The van der Waals surface area contributed by atoms with Gasteiger partial charge >= 0.3 is 0 Å². The minimum absolute atomic E-state index is 0.0189. The van der Waals surface area contributed by atoms with Gasteiger partial charge in [-0.05, 0) is 69.0 Å². The summed E-state index contributed by atoms with van der Waals surface area (Å²) in [5.74, 6) is -0.589. The van der Waals surface area contributed by atoms with Gasteiger partial charge in [-0.1, -0.05) is 33.6 Å². The Morgan fingerprint density at radius 3 is 2.16 bits per heavy atom. The molecule has 0 radical (unpaired) electrons. The highest BCUT2D eigenvalue weighted by molar-refractivity contribution is 9.10. The largest absolute Gasteiger partial charge is 0.347 e. The Labute approximate surface area is 191 Å². The average molecular weight is 486 g/mol. The summed E-state index contributed by atoms with van der Waals surface area (Å²) in [7, 11) is 0. The number of amides is 3. The van der Waals surface area contributed by atoms with Gasteiger partial charge in [-0.25, -0.2) is 0 Å². The number of nitrogens with zero attached hydrogens (tertiary/aromatic N) is 1. The number of hydrogen-bond acceptors (Lipinski definition) is 3. The summed E-state index contributed by atoms with van der Waals surface area (Å²) in [4.78, 5) is 39.2. The molecule has 164 valence electrons. The first kappa shape index (κ1) is 23.0. The first-order valence-electron chi connectivity index (χ1n) is 10.4. The van der Waals surface area contributed by atoms with Gasteiger partial charge in [-0.15, -0.1) is 0 Å². The van der Waals surface area contributed by atoms with Crippen molar-refractivity contribution in [2.45, 2.75) is 33.6 Å². The number of carbonyl (C=O) groups excluding carboxylic acids is 3. The summed E-state index contributed by atoms with van der Waals surface area (Å²) in [5.41, 5.74) is 4.58. The van der Waals surface area contributed by atoms with E-state index in [9.17, 15) is 14.4 Å². The molecule has 31 heavy (non-hydrogen) atoms. The van der Waals surface area contributed by atoms with Crippen LogP contribution in [-0.4, -0.2) is 42.3 Å². The van der Waals surface area contributed by atoms with Gasteiger partial charge in [0.05, 0.1) is 6.54 Å². The van der Waals surface area contributed by atoms with Crippen LogP contribution in [0.4, 0.5) is 5.69 Å². The van der Waals surface area contributed by atoms with Crippen LogP contribution in [0.15, 0.2) is 40.9 Å². The van der Waals surface area contributed by atoms with Crippen LogP contribution >= 0.6 is 15.9 Å². The topological polar surface area (TPSA) is 78.5 Å². The molecule has 0 atom stereocenters. The SMILES string of the molecule is Cc1cc(C)c(NC(=O)CNC(=O)C2CCN(C(=O)c3ccc(Br)cc3)CC2)c(C)c1. The second-order valence-electron chi connectivity index (χ2n) is 8.11. The molecule has 1 aliphatic rings. The molecule has 3 rings (SSSR count). The Kier molecular flexibility index (Phi) is 7.49. The lowest BCUT2D eigenvalue weighted by Gasteiger charge is -2.31. The predicted octanol–water partition coefficient (Wildman–Crippen LogP) is 3.98. The quantitative estimate of drug-likeness (QED) is 0.671. The normalized spacial score (nSPS) is 14.3. The van der Waals surface area contributed by atoms with Gasteiger partial charge in [0.2, 0.25) is 11.8 Å². The molecule has 0 unspecified atom stereocenters. The van der Waals surface area contributed by atoms with E-state index in [-0.39, 0.29) is 30.2 Å². The lowest BCUT2D eigenvalue weighted by molar-refractivity contribution is -0.128. The van der Waals surface area contributed by atoms with E-state index in [1.807, 2.05) is 45.0 Å². The van der Waals surface area contributed by atoms with Crippen LogP contribution in [-0.2, 0) is 9.59 Å². The summed E-state index contributed by atoms with van der Waals surface area (Å²) in [6.45, 7) is 6.92. The zero-order valence-corrected chi connectivity index (χ0v) is 19.7. The van der Waals surface area contributed by atoms with Crippen molar-refractivity contribution in [2.75, 3.05) is 25.0 Å². The summed E-state index contributed by atoms with van der Waals surface area (Å²) >= 11 is 3.37. The molecule has 0 aliphatic carbocycles. The first-order valence-corrected chi connectivity index (χ1v) is 11.2. The van der Waals surface area contributed by atoms with Gasteiger partial charge in [-0.3, -0.25) is 14.4 Å². The van der Waals surface area contributed by atoms with Crippen LogP contribution in [0.2, 0.25) is 0 Å². The molecular formula is C24H28BrN3O3. The smallest absolute Gasteiger partial charge is 0.253 e. The fourth-order valence-corrected chi connectivity index (χ4v) is 4.26. The average Bonchev–Trinajstić information content (AvgIpc) is 2.74. The number of halogens is 1. The molecule has 1 fully saturated rings. The Morgan fingerprint density at radius 1 is 1.00 bits per heavy atom. The second kappa shape index (κ2) is 10.1. The number of hydrogen-bond donors (Lipinski definition) is 2. The fraction of sp³-hybridized carbons (Fsp3) is 0.375. The third-order valence-corrected chi connectivity index (χ3v) is 6.14. The zero-order valence-electron chi connectivity index (χ0n) is 18.1. The van der Waals surface area contributed by atoms with E-state index in [4.69, 9.17) is 0 Å². The third kappa shape index (κ3) is 5.94. The number of benzene rings is 2. The Hall–Kier alpha value is -2.67. The van der Waals surface area contributed by atoms with E-state index >= 15 is 0 Å². The molecule has 3 amide bonds. The highest BCUT2D eigenvalue weighted by Crippen LogP contribution is 2.22. The number of piperidine rings is 1. The molecule has 2 aromatic rings. The molecule has 0 saturated carbocycles. The number of likely N-dealkylation sites (tertiary alicyclic amines) is 1. The molecule has 2 aromatic carbocycles. The minimum Gasteiger partial charge on any atom is -0.347 e. The van der Waals surface area contributed by atoms with Crippen molar-refractivity contribution in [3.05, 3.63) is 63.1 Å². The van der Waals surface area contributed by atoms with E-state index < -0.39 is 0 Å². The number of rotatable bonds is 5. The lowest BCUT2D eigenvalue weighted by Crippen LogP contribution is -2.44. The molecule has 1 heterocycles. The predicted molar refractivity (Wildman–Crippen MR) is 125 cm³/mol. The molecule has 2 N–H and O–H groups in total. The Morgan fingerprint density at radius 2 is 1.58 bits per heavy atom. The van der Waals surface area contributed by atoms with Crippen LogP contribution in [0.1, 0.15) is 39.9 Å². The summed E-state index contributed by atoms with van der Waals surface area (Å²) in [5, 5.41) is 5.64. The summed E-state index contributed by atoms with van der Waals surface area (Å²) in [6, 6.07) is 11.3. The minimum atomic E-state index is -0.244. The fourth-order valence-electron chi connectivity index (χ4n) is 3.99. The summed E-state index contributed by atoms with van der Waals surface area (Å²) in [6.07, 6.45) is 1.18. The van der Waals surface area contributed by atoms with Crippen LogP contribution < -0.4 is 10.6 Å². The third-order valence-electron chi connectivity index (χ3n) is 5.61. The maximum Gasteiger partial charge on any atom is 0.253 e. The molecule has 0 bridgehead atoms. The molecule has 0 aromatic heterocycles. The first-order chi connectivity index (χ1) is 14.7. The lowest BCUT2D eigenvalue weighted by atomic mass is 9.95. The van der Waals surface area contributed by atoms with Crippen molar-refractivity contribution >= 4 is 39.3 Å². The second-order valence-corrected chi connectivity index (χ2v) is 9.03. The molecule has 1 aliphatic heterocycles. The van der Waals surface area contributed by atoms with Gasteiger partial charge in [0.1, 0.15) is 0 Å². The van der Waals surface area contributed by atoms with E-state index in [0.717, 1.165) is 26.9 Å². The van der Waals surface area contributed by atoms with Gasteiger partial charge in [0.15, 0.2) is 0 Å². The zero-order chi connectivity index (χ0) is 22.5. The van der Waals surface area contributed by atoms with Gasteiger partial charge < -0.3 is 15.5 Å². The number of anilines is 1. The van der Waals surface area contributed by atoms with Crippen molar-refractivity contribution in [2.24, 2.45) is 5.92 Å². The number of nitrogens with one attached hydrogen (secondary N) is 2.